The standard InChI is InChI=1S/C20H21ClFNO2/c21-17-9-7-15(8-10-17)12-20(24)23(14-18-5-3-11-25-18)13-16-4-1-2-6-19(16)22/h1-2,4,6-10,18H,3,5,11-14H2. The molecular formula is C20H21ClFNO2. The number of hydrogen-bond donors (Lipinski definition) is 0. The second-order valence-corrected chi connectivity index (χ2v) is 6.74. The maximum atomic E-state index is 14.0. The molecule has 1 atom stereocenters. The maximum Gasteiger partial charge on any atom is 0.227 e. The molecule has 132 valence electrons. The summed E-state index contributed by atoms with van der Waals surface area (Å²) in [5, 5.41) is 0.638. The molecule has 3 rings (SSSR count). The Morgan fingerprint density at radius 3 is 2.64 bits per heavy atom. The van der Waals surface area contributed by atoms with Crippen LogP contribution in [0.4, 0.5) is 4.39 Å². The maximum absolute atomic E-state index is 14.0. The van der Waals surface area contributed by atoms with Gasteiger partial charge in [-0.25, -0.2) is 4.39 Å². The Balaban J connectivity index is 1.73. The van der Waals surface area contributed by atoms with Crippen LogP contribution in [0.3, 0.4) is 0 Å². The molecule has 0 radical (unpaired) electrons. The average molecular weight is 362 g/mol. The van der Waals surface area contributed by atoms with Crippen LogP contribution in [0.5, 0.6) is 0 Å². The van der Waals surface area contributed by atoms with Crippen LogP contribution in [0.2, 0.25) is 5.02 Å². The van der Waals surface area contributed by atoms with Crippen LogP contribution in [0.15, 0.2) is 48.5 Å². The average Bonchev–Trinajstić information content (AvgIpc) is 3.11. The van der Waals surface area contributed by atoms with Gasteiger partial charge in [-0.2, -0.15) is 0 Å². The van der Waals surface area contributed by atoms with Gasteiger partial charge in [-0.05, 0) is 36.6 Å². The Morgan fingerprint density at radius 1 is 1.20 bits per heavy atom. The minimum atomic E-state index is -0.292. The van der Waals surface area contributed by atoms with Gasteiger partial charge in [-0.15, -0.1) is 0 Å². The number of nitrogens with zero attached hydrogens (tertiary/aromatic N) is 1. The molecule has 25 heavy (non-hydrogen) atoms. The van der Waals surface area contributed by atoms with Crippen molar-refractivity contribution < 1.29 is 13.9 Å². The summed E-state index contributed by atoms with van der Waals surface area (Å²) in [5.74, 6) is -0.333. The monoisotopic (exact) mass is 361 g/mol. The van der Waals surface area contributed by atoms with E-state index >= 15 is 0 Å². The molecule has 1 fully saturated rings. The number of ether oxygens (including phenoxy) is 1. The molecule has 1 unspecified atom stereocenters. The highest BCUT2D eigenvalue weighted by atomic mass is 35.5. The highest BCUT2D eigenvalue weighted by molar-refractivity contribution is 6.30. The third-order valence-electron chi connectivity index (χ3n) is 4.39. The van der Waals surface area contributed by atoms with Gasteiger partial charge < -0.3 is 9.64 Å². The van der Waals surface area contributed by atoms with Gasteiger partial charge in [0.1, 0.15) is 5.82 Å². The van der Waals surface area contributed by atoms with E-state index in [9.17, 15) is 9.18 Å². The lowest BCUT2D eigenvalue weighted by atomic mass is 10.1. The van der Waals surface area contributed by atoms with Crippen LogP contribution >= 0.6 is 11.6 Å². The molecule has 0 bridgehead atoms. The first-order valence-corrected chi connectivity index (χ1v) is 8.87. The molecule has 0 spiro atoms. The number of carbonyl (C=O) groups is 1. The molecule has 1 saturated heterocycles. The van der Waals surface area contributed by atoms with Crippen LogP contribution in [-0.4, -0.2) is 30.1 Å². The van der Waals surface area contributed by atoms with Crippen LogP contribution in [0.25, 0.3) is 0 Å². The Bertz CT molecular complexity index is 714. The first-order valence-electron chi connectivity index (χ1n) is 8.49. The molecule has 0 saturated carbocycles. The van der Waals surface area contributed by atoms with E-state index in [-0.39, 0.29) is 30.8 Å². The molecule has 2 aromatic rings. The molecule has 0 aromatic heterocycles. The summed E-state index contributed by atoms with van der Waals surface area (Å²) < 4.78 is 19.7. The third kappa shape index (κ3) is 5.03. The van der Waals surface area contributed by atoms with Gasteiger partial charge in [0.05, 0.1) is 12.5 Å². The summed E-state index contributed by atoms with van der Waals surface area (Å²) in [4.78, 5) is 14.5. The van der Waals surface area contributed by atoms with Crippen LogP contribution in [0, 0.1) is 5.82 Å². The van der Waals surface area contributed by atoms with Crippen LogP contribution in [0.1, 0.15) is 24.0 Å². The fourth-order valence-corrected chi connectivity index (χ4v) is 3.14. The number of halogens is 2. The van der Waals surface area contributed by atoms with Crippen molar-refractivity contribution in [3.63, 3.8) is 0 Å². The fraction of sp³-hybridized carbons (Fsp3) is 0.350. The van der Waals surface area contributed by atoms with E-state index in [4.69, 9.17) is 16.3 Å². The summed E-state index contributed by atoms with van der Waals surface area (Å²) in [5.41, 5.74) is 1.41. The molecule has 2 aromatic carbocycles. The van der Waals surface area contributed by atoms with Crippen LogP contribution < -0.4 is 0 Å². The lowest BCUT2D eigenvalue weighted by Gasteiger charge is -2.26. The predicted octanol–water partition coefficient (Wildman–Crippen LogP) is 4.23. The minimum Gasteiger partial charge on any atom is -0.376 e. The molecule has 3 nitrogen and oxygen atoms in total. The zero-order chi connectivity index (χ0) is 17.6. The van der Waals surface area contributed by atoms with Crippen molar-refractivity contribution >= 4 is 17.5 Å². The van der Waals surface area contributed by atoms with Crippen molar-refractivity contribution in [3.05, 3.63) is 70.5 Å². The van der Waals surface area contributed by atoms with Crippen molar-refractivity contribution in [1.29, 1.82) is 0 Å². The molecule has 5 heteroatoms. The Hall–Kier alpha value is -1.91. The van der Waals surface area contributed by atoms with Gasteiger partial charge in [0.15, 0.2) is 0 Å². The number of amides is 1. The number of benzene rings is 2. The van der Waals surface area contributed by atoms with Gasteiger partial charge in [-0.1, -0.05) is 41.9 Å². The minimum absolute atomic E-state index is 0.0286. The van der Waals surface area contributed by atoms with E-state index in [1.165, 1.54) is 6.07 Å². The number of carbonyl (C=O) groups excluding carboxylic acids is 1. The SMILES string of the molecule is O=C(Cc1ccc(Cl)cc1)N(Cc1ccccc1F)CC1CCCO1. The molecule has 0 N–H and O–H groups in total. The van der Waals surface area contributed by atoms with Gasteiger partial charge in [0.2, 0.25) is 5.91 Å². The van der Waals surface area contributed by atoms with Crippen molar-refractivity contribution in [2.75, 3.05) is 13.2 Å². The number of rotatable bonds is 6. The molecule has 1 heterocycles. The van der Waals surface area contributed by atoms with Crippen molar-refractivity contribution in [3.8, 4) is 0 Å². The quantitative estimate of drug-likeness (QED) is 0.770. The molecule has 0 aliphatic carbocycles. The molecule has 1 aliphatic heterocycles. The molecule has 1 amide bonds. The third-order valence-corrected chi connectivity index (χ3v) is 4.64. The predicted molar refractivity (Wildman–Crippen MR) is 95.9 cm³/mol. The van der Waals surface area contributed by atoms with E-state index in [2.05, 4.69) is 0 Å². The van der Waals surface area contributed by atoms with Gasteiger partial charge in [0, 0.05) is 30.3 Å². The van der Waals surface area contributed by atoms with Gasteiger partial charge in [-0.3, -0.25) is 4.79 Å². The zero-order valence-electron chi connectivity index (χ0n) is 14.0. The second kappa shape index (κ2) is 8.45. The second-order valence-electron chi connectivity index (χ2n) is 6.30. The lowest BCUT2D eigenvalue weighted by molar-refractivity contribution is -0.132. The highest BCUT2D eigenvalue weighted by Crippen LogP contribution is 2.18. The Kier molecular flexibility index (Phi) is 6.05. The summed E-state index contributed by atoms with van der Waals surface area (Å²) >= 11 is 5.90. The zero-order valence-corrected chi connectivity index (χ0v) is 14.7. The summed E-state index contributed by atoms with van der Waals surface area (Å²) in [6.07, 6.45) is 2.23. The normalized spacial score (nSPS) is 16.8. The van der Waals surface area contributed by atoms with Crippen molar-refractivity contribution in [1.82, 2.24) is 4.90 Å². The first kappa shape index (κ1) is 17.9. The smallest absolute Gasteiger partial charge is 0.227 e. The van der Waals surface area contributed by atoms with Crippen LogP contribution in [-0.2, 0) is 22.5 Å². The largest absolute Gasteiger partial charge is 0.376 e. The van der Waals surface area contributed by atoms with E-state index in [0.717, 1.165) is 25.0 Å². The molecule has 1 aliphatic rings. The van der Waals surface area contributed by atoms with E-state index < -0.39 is 0 Å². The lowest BCUT2D eigenvalue weighted by Crippen LogP contribution is -2.38. The van der Waals surface area contributed by atoms with E-state index in [0.29, 0.717) is 17.1 Å². The topological polar surface area (TPSA) is 29.5 Å². The Morgan fingerprint density at radius 2 is 1.96 bits per heavy atom. The summed E-state index contributed by atoms with van der Waals surface area (Å²) in [7, 11) is 0. The van der Waals surface area contributed by atoms with E-state index in [1.54, 1.807) is 35.2 Å². The van der Waals surface area contributed by atoms with Crippen molar-refractivity contribution in [2.45, 2.75) is 31.9 Å². The van der Waals surface area contributed by atoms with Gasteiger partial charge >= 0.3 is 0 Å². The van der Waals surface area contributed by atoms with Crippen molar-refractivity contribution in [2.24, 2.45) is 0 Å². The van der Waals surface area contributed by atoms with Gasteiger partial charge in [0.25, 0.3) is 0 Å². The number of hydrogen-bond acceptors (Lipinski definition) is 2. The molecular weight excluding hydrogens is 341 g/mol. The Labute approximate surface area is 152 Å². The summed E-state index contributed by atoms with van der Waals surface area (Å²) in [6.45, 7) is 1.46. The highest BCUT2D eigenvalue weighted by Gasteiger charge is 2.23. The first-order chi connectivity index (χ1) is 12.1. The fourth-order valence-electron chi connectivity index (χ4n) is 3.01. The summed E-state index contributed by atoms with van der Waals surface area (Å²) in [6, 6.07) is 13.8. The van der Waals surface area contributed by atoms with E-state index in [1.807, 2.05) is 12.1 Å².